The summed E-state index contributed by atoms with van der Waals surface area (Å²) in [7, 11) is -3.30. The highest BCUT2D eigenvalue weighted by atomic mass is 35.5. The van der Waals surface area contributed by atoms with Crippen LogP contribution >= 0.6 is 22.9 Å². The Hall–Kier alpha value is -3.01. The summed E-state index contributed by atoms with van der Waals surface area (Å²) < 4.78 is 30.3. The maximum Gasteiger partial charge on any atom is 0.175 e. The highest BCUT2D eigenvalue weighted by molar-refractivity contribution is 7.90. The van der Waals surface area contributed by atoms with Crippen LogP contribution in [0.5, 0.6) is 0 Å². The zero-order valence-electron chi connectivity index (χ0n) is 19.5. The van der Waals surface area contributed by atoms with Gasteiger partial charge in [-0.25, -0.2) is 13.8 Å². The number of ether oxygens (including phenoxy) is 1. The van der Waals surface area contributed by atoms with Crippen molar-refractivity contribution < 1.29 is 13.2 Å². The fraction of sp³-hybridized carbons (Fsp3) is 0.148. The number of hydrogen-bond acceptors (Lipinski definition) is 7. The van der Waals surface area contributed by atoms with Crippen LogP contribution in [0.4, 0.5) is 5.69 Å². The second-order valence-electron chi connectivity index (χ2n) is 8.50. The van der Waals surface area contributed by atoms with Gasteiger partial charge in [0.25, 0.3) is 0 Å². The minimum absolute atomic E-state index is 0.298. The van der Waals surface area contributed by atoms with Crippen LogP contribution in [-0.2, 0) is 26.7 Å². The predicted molar refractivity (Wildman–Crippen MR) is 145 cm³/mol. The number of hydrazine groups is 1. The maximum atomic E-state index is 12.1. The lowest BCUT2D eigenvalue weighted by molar-refractivity contribution is 0.0764. The van der Waals surface area contributed by atoms with Crippen LogP contribution < -0.4 is 10.4 Å². The van der Waals surface area contributed by atoms with Crippen molar-refractivity contribution in [3.63, 3.8) is 0 Å². The van der Waals surface area contributed by atoms with Gasteiger partial charge in [0, 0.05) is 28.4 Å². The molecule has 2 aromatic heterocycles. The highest BCUT2D eigenvalue weighted by Gasteiger charge is 2.38. The zero-order valence-corrected chi connectivity index (χ0v) is 21.9. The third-order valence-corrected chi connectivity index (χ3v) is 8.58. The molecule has 9 heteroatoms. The monoisotopic (exact) mass is 537 g/mol. The number of thiophene rings is 1. The number of aromatic nitrogens is 1. The van der Waals surface area contributed by atoms with Gasteiger partial charge < -0.3 is 4.74 Å². The molecule has 0 amide bonds. The van der Waals surface area contributed by atoms with Crippen LogP contribution in [0.25, 0.3) is 10.4 Å². The van der Waals surface area contributed by atoms with E-state index in [4.69, 9.17) is 16.3 Å². The molecule has 1 aliphatic rings. The quantitative estimate of drug-likeness (QED) is 0.305. The fourth-order valence-corrected chi connectivity index (χ4v) is 5.98. The van der Waals surface area contributed by atoms with Crippen molar-refractivity contribution in [2.24, 2.45) is 0 Å². The summed E-state index contributed by atoms with van der Waals surface area (Å²) in [6.45, 7) is 0.725. The second-order valence-corrected chi connectivity index (χ2v) is 12.0. The van der Waals surface area contributed by atoms with Gasteiger partial charge in [0.2, 0.25) is 0 Å². The van der Waals surface area contributed by atoms with E-state index in [0.717, 1.165) is 26.7 Å². The average molecular weight is 538 g/mol. The van der Waals surface area contributed by atoms with Crippen LogP contribution in [0.2, 0.25) is 5.02 Å². The fourth-order valence-electron chi connectivity index (χ4n) is 3.98. The third kappa shape index (κ3) is 5.23. The van der Waals surface area contributed by atoms with Gasteiger partial charge >= 0.3 is 0 Å². The molecule has 5 rings (SSSR count). The number of pyridine rings is 1. The number of halogens is 1. The molecule has 0 bridgehead atoms. The summed E-state index contributed by atoms with van der Waals surface area (Å²) in [5.74, 6) is 0. The molecule has 4 aromatic rings. The van der Waals surface area contributed by atoms with Crippen molar-refractivity contribution in [2.45, 2.75) is 17.0 Å². The molecule has 0 radical (unpaired) electrons. The zero-order chi connectivity index (χ0) is 25.2. The van der Waals surface area contributed by atoms with Crippen molar-refractivity contribution in [1.82, 2.24) is 10.4 Å². The van der Waals surface area contributed by atoms with Gasteiger partial charge in [-0.05, 0) is 60.2 Å². The van der Waals surface area contributed by atoms with E-state index in [1.807, 2.05) is 71.9 Å². The molecule has 3 heterocycles. The molecule has 0 aliphatic carbocycles. The SMILES string of the molecule is CS(=O)(=O)c1cccc(-c2ccc(C3(COCc4ccccn4)C=CN(c4ccccc4Cl)N3)s2)c1. The normalized spacial score (nSPS) is 17.6. The van der Waals surface area contributed by atoms with Crippen LogP contribution in [0, 0.1) is 0 Å². The average Bonchev–Trinajstić information content (AvgIpc) is 3.54. The number of anilines is 1. The Balaban J connectivity index is 1.45. The molecule has 0 saturated carbocycles. The molecule has 0 saturated heterocycles. The summed E-state index contributed by atoms with van der Waals surface area (Å²) in [5, 5.41) is 2.53. The van der Waals surface area contributed by atoms with Crippen LogP contribution in [0.1, 0.15) is 10.6 Å². The van der Waals surface area contributed by atoms with Gasteiger partial charge in [-0.15, -0.1) is 11.3 Å². The number of hydrogen-bond donors (Lipinski definition) is 1. The molecule has 0 fully saturated rings. The Morgan fingerprint density at radius 3 is 2.67 bits per heavy atom. The Labute approximate surface area is 219 Å². The Kier molecular flexibility index (Phi) is 6.96. The van der Waals surface area contributed by atoms with Crippen LogP contribution in [0.3, 0.4) is 0 Å². The van der Waals surface area contributed by atoms with E-state index in [1.54, 1.807) is 35.7 Å². The van der Waals surface area contributed by atoms with E-state index in [9.17, 15) is 8.42 Å². The Morgan fingerprint density at radius 2 is 1.89 bits per heavy atom. The lowest BCUT2D eigenvalue weighted by Gasteiger charge is -2.30. The van der Waals surface area contributed by atoms with E-state index in [2.05, 4.69) is 16.5 Å². The lowest BCUT2D eigenvalue weighted by Crippen LogP contribution is -2.47. The molecule has 184 valence electrons. The smallest absolute Gasteiger partial charge is 0.175 e. The molecular weight excluding hydrogens is 514 g/mol. The van der Waals surface area contributed by atoms with Gasteiger partial charge in [0.1, 0.15) is 5.54 Å². The summed E-state index contributed by atoms with van der Waals surface area (Å²) in [5.41, 5.74) is 5.46. The number of benzene rings is 2. The van der Waals surface area contributed by atoms with Gasteiger partial charge in [0.15, 0.2) is 9.84 Å². The van der Waals surface area contributed by atoms with E-state index in [-0.39, 0.29) is 0 Å². The van der Waals surface area contributed by atoms with Crippen molar-refractivity contribution in [1.29, 1.82) is 0 Å². The molecule has 1 unspecified atom stereocenters. The van der Waals surface area contributed by atoms with Gasteiger partial charge in [0.05, 0.1) is 34.5 Å². The van der Waals surface area contributed by atoms with Crippen molar-refractivity contribution in [3.8, 4) is 10.4 Å². The van der Waals surface area contributed by atoms with Crippen molar-refractivity contribution >= 4 is 38.5 Å². The van der Waals surface area contributed by atoms with Gasteiger partial charge in [-0.2, -0.15) is 0 Å². The second kappa shape index (κ2) is 10.2. The Bertz CT molecular complexity index is 1510. The molecular formula is C27H24ClN3O3S2. The summed E-state index contributed by atoms with van der Waals surface area (Å²) in [6, 6.07) is 24.4. The van der Waals surface area contributed by atoms with Crippen molar-refractivity contribution in [2.75, 3.05) is 17.9 Å². The van der Waals surface area contributed by atoms with E-state index in [0.29, 0.717) is 23.1 Å². The molecule has 0 spiro atoms. The first-order chi connectivity index (χ1) is 17.3. The molecule has 2 aromatic carbocycles. The number of para-hydroxylation sites is 1. The van der Waals surface area contributed by atoms with Gasteiger partial charge in [-0.1, -0.05) is 41.9 Å². The van der Waals surface area contributed by atoms with E-state index >= 15 is 0 Å². The van der Waals surface area contributed by atoms with Crippen molar-refractivity contribution in [3.05, 3.63) is 113 Å². The molecule has 1 aliphatic heterocycles. The van der Waals surface area contributed by atoms with Crippen LogP contribution in [-0.4, -0.2) is 26.3 Å². The molecule has 1 atom stereocenters. The maximum absolute atomic E-state index is 12.1. The highest BCUT2D eigenvalue weighted by Crippen LogP contribution is 2.39. The minimum atomic E-state index is -3.30. The number of nitrogens with zero attached hydrogens (tertiary/aromatic N) is 2. The minimum Gasteiger partial charge on any atom is -0.372 e. The lowest BCUT2D eigenvalue weighted by atomic mass is 10.0. The van der Waals surface area contributed by atoms with Crippen LogP contribution in [0.15, 0.2) is 102 Å². The predicted octanol–water partition coefficient (Wildman–Crippen LogP) is 5.82. The summed E-state index contributed by atoms with van der Waals surface area (Å²) >= 11 is 8.05. The summed E-state index contributed by atoms with van der Waals surface area (Å²) in [4.78, 5) is 6.63. The topological polar surface area (TPSA) is 71.5 Å². The first kappa shape index (κ1) is 24.7. The first-order valence-corrected chi connectivity index (χ1v) is 14.3. The number of nitrogens with one attached hydrogen (secondary N) is 1. The Morgan fingerprint density at radius 1 is 1.06 bits per heavy atom. The first-order valence-electron chi connectivity index (χ1n) is 11.2. The molecule has 1 N–H and O–H groups in total. The summed E-state index contributed by atoms with van der Waals surface area (Å²) in [6.07, 6.45) is 6.99. The van der Waals surface area contributed by atoms with E-state index in [1.165, 1.54) is 6.26 Å². The molecule has 6 nitrogen and oxygen atoms in total. The number of sulfone groups is 1. The molecule has 36 heavy (non-hydrogen) atoms. The van der Waals surface area contributed by atoms with E-state index < -0.39 is 15.4 Å². The van der Waals surface area contributed by atoms with Gasteiger partial charge in [-0.3, -0.25) is 9.99 Å². The standard InChI is InChI=1S/C27H24ClN3O3S2/c1-36(32,33)22-9-6-7-20(17-22)25-12-13-26(35-25)27(19-34-18-21-8-4-5-15-29-21)14-16-31(30-27)24-11-3-2-10-23(24)28/h2-17,30H,18-19H2,1H3. The third-order valence-electron chi connectivity index (χ3n) is 5.84. The number of rotatable bonds is 8. The largest absolute Gasteiger partial charge is 0.372 e.